The van der Waals surface area contributed by atoms with Crippen molar-refractivity contribution in [1.82, 2.24) is 19.8 Å². The van der Waals surface area contributed by atoms with Crippen LogP contribution in [-0.2, 0) is 23.9 Å². The van der Waals surface area contributed by atoms with Gasteiger partial charge in [0, 0.05) is 68.7 Å². The first-order chi connectivity index (χ1) is 20.7. The summed E-state index contributed by atoms with van der Waals surface area (Å²) in [4.78, 5) is 47.1. The molecule has 4 heterocycles. The first-order valence-electron chi connectivity index (χ1n) is 14.0. The highest BCUT2D eigenvalue weighted by molar-refractivity contribution is 6.26. The average molecular weight is 592 g/mol. The van der Waals surface area contributed by atoms with Gasteiger partial charge in [-0.1, -0.05) is 0 Å². The molecule has 2 aromatic heterocycles. The fourth-order valence-corrected chi connectivity index (χ4v) is 4.60. The van der Waals surface area contributed by atoms with Crippen LogP contribution < -0.4 is 10.1 Å². The number of allylic oxidation sites excluding steroid dienone is 1. The number of nitrogens with zero attached hydrogens (tertiary/aromatic N) is 3. The lowest BCUT2D eigenvalue weighted by atomic mass is 10.1. The minimum absolute atomic E-state index is 0.0202. The minimum Gasteiger partial charge on any atom is -0.492 e. The number of carboxylic acid groups (broad SMARTS) is 1. The Kier molecular flexibility index (Phi) is 10.5. The third kappa shape index (κ3) is 8.21. The summed E-state index contributed by atoms with van der Waals surface area (Å²) in [6.07, 6.45) is 5.02. The number of anilines is 1. The van der Waals surface area contributed by atoms with E-state index in [9.17, 15) is 9.59 Å². The van der Waals surface area contributed by atoms with E-state index in [2.05, 4.69) is 32.1 Å². The van der Waals surface area contributed by atoms with Crippen molar-refractivity contribution < 1.29 is 33.7 Å². The number of H-pyrrole nitrogens is 1. The number of pyridine rings is 1. The maximum absolute atomic E-state index is 13.2. The van der Waals surface area contributed by atoms with Crippen LogP contribution in [0.15, 0.2) is 59.9 Å². The van der Waals surface area contributed by atoms with Crippen molar-refractivity contribution in [3.63, 3.8) is 0 Å². The number of ketones is 1. The van der Waals surface area contributed by atoms with E-state index in [0.717, 1.165) is 61.9 Å². The quantitative estimate of drug-likeness (QED) is 0.191. The number of nitrogens with one attached hydrogen (secondary N) is 2. The molecule has 3 aromatic rings. The third-order valence-corrected chi connectivity index (χ3v) is 6.86. The monoisotopic (exact) mass is 591 g/mol. The normalized spacial score (nSPS) is 16.6. The highest BCUT2D eigenvalue weighted by atomic mass is 16.5. The Bertz CT molecular complexity index is 1530. The molecule has 228 valence electrons. The summed E-state index contributed by atoms with van der Waals surface area (Å²) in [6, 6.07) is 9.33. The van der Waals surface area contributed by atoms with Crippen molar-refractivity contribution in [3.05, 3.63) is 71.1 Å². The van der Waals surface area contributed by atoms with Crippen molar-refractivity contribution in [2.75, 3.05) is 58.3 Å². The Balaban J connectivity index is 0.000000996. The van der Waals surface area contributed by atoms with Gasteiger partial charge in [0.05, 0.1) is 6.61 Å². The van der Waals surface area contributed by atoms with Crippen LogP contribution in [0.25, 0.3) is 17.1 Å². The molecule has 0 unspecified atom stereocenters. The van der Waals surface area contributed by atoms with Crippen LogP contribution in [0.5, 0.6) is 5.75 Å². The van der Waals surface area contributed by atoms with E-state index in [4.69, 9.17) is 24.1 Å². The fraction of sp³-hybridized carbons (Fsp3) is 0.355. The van der Waals surface area contributed by atoms with Crippen molar-refractivity contribution in [3.8, 4) is 5.75 Å². The number of esters is 1. The minimum atomic E-state index is -0.833. The average Bonchev–Trinajstić information content (AvgIpc) is 3.51. The van der Waals surface area contributed by atoms with Crippen molar-refractivity contribution in [2.45, 2.75) is 20.8 Å². The maximum atomic E-state index is 13.2. The van der Waals surface area contributed by atoms with Crippen molar-refractivity contribution >= 4 is 40.5 Å². The Morgan fingerprint density at radius 1 is 1.21 bits per heavy atom. The number of ether oxygens (including phenoxy) is 3. The fourth-order valence-electron chi connectivity index (χ4n) is 4.60. The van der Waals surface area contributed by atoms with Gasteiger partial charge in [-0.25, -0.2) is 9.78 Å². The zero-order valence-electron chi connectivity index (χ0n) is 24.8. The van der Waals surface area contributed by atoms with E-state index in [1.807, 2.05) is 37.3 Å². The summed E-state index contributed by atoms with van der Waals surface area (Å²) < 4.78 is 17.1. The smallest absolute Gasteiger partial charge is 0.347 e. The van der Waals surface area contributed by atoms with Gasteiger partial charge in [0.2, 0.25) is 11.7 Å². The second-order valence-electron chi connectivity index (χ2n) is 10.1. The molecular weight excluding hydrogens is 554 g/mol. The molecule has 12 heteroatoms. The number of rotatable bonds is 9. The summed E-state index contributed by atoms with van der Waals surface area (Å²) in [5.41, 5.74) is 2.80. The molecule has 1 saturated heterocycles. The Morgan fingerprint density at radius 3 is 2.65 bits per heavy atom. The molecule has 0 atom stereocenters. The molecule has 43 heavy (non-hydrogen) atoms. The number of aryl methyl sites for hydroxylation is 1. The molecule has 12 nitrogen and oxygen atoms in total. The molecule has 0 radical (unpaired) electrons. The van der Waals surface area contributed by atoms with Gasteiger partial charge in [-0.3, -0.25) is 14.5 Å². The van der Waals surface area contributed by atoms with E-state index in [1.54, 1.807) is 25.4 Å². The van der Waals surface area contributed by atoms with Crippen LogP contribution in [-0.4, -0.2) is 95.6 Å². The number of aliphatic carboxylic acids is 1. The first-order valence-corrected chi connectivity index (χ1v) is 14.0. The number of aromatic nitrogens is 2. The molecule has 1 fully saturated rings. The van der Waals surface area contributed by atoms with Crippen LogP contribution in [0, 0.1) is 6.92 Å². The number of hydrogen-bond donors (Lipinski definition) is 3. The van der Waals surface area contributed by atoms with Gasteiger partial charge >= 0.3 is 5.97 Å². The number of hydrogen-bond acceptors (Lipinski definition) is 10. The summed E-state index contributed by atoms with van der Waals surface area (Å²) in [5, 5.41) is 11.4. The van der Waals surface area contributed by atoms with Gasteiger partial charge < -0.3 is 34.5 Å². The maximum Gasteiger partial charge on any atom is 0.347 e. The van der Waals surface area contributed by atoms with Crippen LogP contribution >= 0.6 is 0 Å². The number of Topliss-reactive ketones (excluding diaryl/α,β-unsaturated/α-hetero) is 1. The van der Waals surface area contributed by atoms with Gasteiger partial charge in [0.15, 0.2) is 11.3 Å². The van der Waals surface area contributed by atoms with Crippen LogP contribution in [0.4, 0.5) is 5.69 Å². The van der Waals surface area contributed by atoms with Crippen molar-refractivity contribution in [2.24, 2.45) is 0 Å². The first kappa shape index (κ1) is 31.3. The van der Waals surface area contributed by atoms with E-state index in [0.29, 0.717) is 17.9 Å². The van der Waals surface area contributed by atoms with Crippen LogP contribution in [0.1, 0.15) is 25.0 Å². The molecule has 1 aromatic carbocycles. The summed E-state index contributed by atoms with van der Waals surface area (Å²) in [6.45, 7) is 10.5. The molecule has 0 bridgehead atoms. The molecule has 0 saturated carbocycles. The number of carboxylic acids is 1. The SMILES string of the molecule is CC(=O)O.CCOC(=O)C1=C(Nc2ccc(OCCN3CCN(C)CC3)cc2C)OC(=Cc2c[nH]c3ncccc23)C1=O. The molecule has 0 aliphatic carbocycles. The highest BCUT2D eigenvalue weighted by Gasteiger charge is 2.37. The second kappa shape index (κ2) is 14.5. The lowest BCUT2D eigenvalue weighted by Crippen LogP contribution is -2.45. The second-order valence-corrected chi connectivity index (χ2v) is 10.1. The summed E-state index contributed by atoms with van der Waals surface area (Å²) in [7, 11) is 2.14. The standard InChI is InChI=1S/C29H33N5O5.C2H4O2/c1-4-37-29(36)25-26(35)24(17-20-18-31-27-22(20)6-5-9-30-27)39-28(25)32-23-8-7-21(16-19(23)2)38-15-14-34-12-10-33(3)11-13-34;1-2(3)4/h5-9,16-18,32H,4,10-15H2,1-3H3,(H,30,31);1H3,(H,3,4). The lowest BCUT2D eigenvalue weighted by molar-refractivity contribution is -0.139. The highest BCUT2D eigenvalue weighted by Crippen LogP contribution is 2.32. The number of carbonyl (C=O) groups excluding carboxylic acids is 2. The van der Waals surface area contributed by atoms with Crippen LogP contribution in [0.3, 0.4) is 0 Å². The van der Waals surface area contributed by atoms with E-state index < -0.39 is 17.7 Å². The van der Waals surface area contributed by atoms with Gasteiger partial charge in [-0.15, -0.1) is 0 Å². The number of aromatic amines is 1. The molecule has 0 amide bonds. The van der Waals surface area contributed by atoms with Gasteiger partial charge in [0.1, 0.15) is 18.0 Å². The Hall–Kier alpha value is -4.68. The van der Waals surface area contributed by atoms with Crippen LogP contribution in [0.2, 0.25) is 0 Å². The molecular formula is C31H37N5O7. The Labute approximate surface area is 249 Å². The van der Waals surface area contributed by atoms with Gasteiger partial charge in [-0.05, 0) is 62.9 Å². The number of carbonyl (C=O) groups is 3. The molecule has 2 aliphatic heterocycles. The zero-order valence-corrected chi connectivity index (χ0v) is 24.8. The van der Waals surface area contributed by atoms with E-state index >= 15 is 0 Å². The number of fused-ring (bicyclic) bond motifs is 1. The predicted molar refractivity (Wildman–Crippen MR) is 161 cm³/mol. The van der Waals surface area contributed by atoms with Crippen molar-refractivity contribution in [1.29, 1.82) is 0 Å². The predicted octanol–water partition coefficient (Wildman–Crippen LogP) is 3.42. The summed E-state index contributed by atoms with van der Waals surface area (Å²) >= 11 is 0. The number of likely N-dealkylation sites (N-methyl/N-ethyl adjacent to an activating group) is 1. The third-order valence-electron chi connectivity index (χ3n) is 6.86. The van der Waals surface area contributed by atoms with Gasteiger partial charge in [0.25, 0.3) is 5.97 Å². The number of piperazine rings is 1. The lowest BCUT2D eigenvalue weighted by Gasteiger charge is -2.32. The van der Waals surface area contributed by atoms with Gasteiger partial charge in [-0.2, -0.15) is 0 Å². The number of benzene rings is 1. The molecule has 2 aliphatic rings. The summed E-state index contributed by atoms with van der Waals surface area (Å²) in [5.74, 6) is -1.31. The Morgan fingerprint density at radius 2 is 1.95 bits per heavy atom. The zero-order chi connectivity index (χ0) is 30.9. The molecule has 0 spiro atoms. The molecule has 3 N–H and O–H groups in total. The molecule has 5 rings (SSSR count). The topological polar surface area (TPSA) is 146 Å². The largest absolute Gasteiger partial charge is 0.492 e. The van der Waals surface area contributed by atoms with E-state index in [1.165, 1.54) is 0 Å². The van der Waals surface area contributed by atoms with E-state index in [-0.39, 0.29) is 23.8 Å².